The fraction of sp³-hybridized carbons (Fsp3) is 0. The van der Waals surface area contributed by atoms with E-state index in [-0.39, 0.29) is 0 Å². The van der Waals surface area contributed by atoms with Crippen LogP contribution in [0.25, 0.3) is 139 Å². The summed E-state index contributed by atoms with van der Waals surface area (Å²) >= 11 is 0. The van der Waals surface area contributed by atoms with Crippen LogP contribution in [0.5, 0.6) is 0 Å². The van der Waals surface area contributed by atoms with Crippen LogP contribution in [0.4, 0.5) is 0 Å². The monoisotopic (exact) mass is 882 g/mol. The summed E-state index contributed by atoms with van der Waals surface area (Å²) in [6, 6.07) is 80.4. The topological polar surface area (TPSA) is 69.9 Å². The lowest BCUT2D eigenvalue weighted by Crippen LogP contribution is -2.00. The van der Waals surface area contributed by atoms with E-state index in [2.05, 4.69) is 199 Å². The Morgan fingerprint density at radius 1 is 0.290 bits per heavy atom. The highest BCUT2D eigenvalue weighted by Crippen LogP contribution is 2.44. The summed E-state index contributed by atoms with van der Waals surface area (Å²) in [5.74, 6) is 1.63. The fourth-order valence-corrected chi connectivity index (χ4v) is 10.2. The molecule has 0 N–H and O–H groups in total. The van der Waals surface area contributed by atoms with Gasteiger partial charge in [-0.2, -0.15) is 0 Å². The zero-order valence-electron chi connectivity index (χ0n) is 37.0. The maximum absolute atomic E-state index is 7.00. The lowest BCUT2D eigenvalue weighted by atomic mass is 9.96. The lowest BCUT2D eigenvalue weighted by molar-refractivity contribution is 0.669. The number of fused-ring (bicyclic) bond motifs is 9. The zero-order chi connectivity index (χ0) is 45.4. The summed E-state index contributed by atoms with van der Waals surface area (Å²) < 4.78 is 15.7. The maximum Gasteiger partial charge on any atom is 0.164 e. The molecule has 322 valence electrons. The Morgan fingerprint density at radius 3 is 1.48 bits per heavy atom. The summed E-state index contributed by atoms with van der Waals surface area (Å²) in [6.45, 7) is 0. The standard InChI is InChI=1S/C63H38N4O2/c1-4-16-39(17-5-1)43-34-44(40-18-6-2-7-19-40)36-45(35-43)63-65-61(41-30-32-48-47-22-11-13-29-56(47)68-57(48)37-41)64-62(66-63)42-31-33-49-51-25-14-26-52(60(51)69-58(49)38-42)50-24-15-28-55-59(50)53-23-10-12-27-54(53)67(55)46-20-8-3-9-21-46/h1-38H. The number of rotatable bonds is 7. The Labute approximate surface area is 396 Å². The molecule has 0 aliphatic rings. The third-order valence-corrected chi connectivity index (χ3v) is 13.4. The van der Waals surface area contributed by atoms with Crippen molar-refractivity contribution in [3.63, 3.8) is 0 Å². The minimum atomic E-state index is 0.534. The molecule has 4 aromatic heterocycles. The van der Waals surface area contributed by atoms with Crippen LogP contribution < -0.4 is 0 Å². The highest BCUT2D eigenvalue weighted by Gasteiger charge is 2.21. The van der Waals surface area contributed by atoms with E-state index < -0.39 is 0 Å². The molecule has 0 saturated heterocycles. The molecule has 6 heteroatoms. The van der Waals surface area contributed by atoms with Crippen molar-refractivity contribution in [3.05, 3.63) is 231 Å². The molecule has 0 radical (unpaired) electrons. The van der Waals surface area contributed by atoms with Crippen LogP contribution in [-0.2, 0) is 0 Å². The van der Waals surface area contributed by atoms with E-state index in [1.807, 2.05) is 36.4 Å². The quantitative estimate of drug-likeness (QED) is 0.159. The Kier molecular flexibility index (Phi) is 8.79. The van der Waals surface area contributed by atoms with Crippen LogP contribution in [-0.4, -0.2) is 19.5 Å². The minimum Gasteiger partial charge on any atom is -0.456 e. The second-order valence-corrected chi connectivity index (χ2v) is 17.5. The van der Waals surface area contributed by atoms with Crippen molar-refractivity contribution in [1.29, 1.82) is 0 Å². The van der Waals surface area contributed by atoms with Gasteiger partial charge in [0.15, 0.2) is 17.5 Å². The molecule has 10 aromatic carbocycles. The molecule has 0 atom stereocenters. The SMILES string of the molecule is c1ccc(-c2cc(-c3ccccc3)cc(-c3nc(-c4ccc5c(c4)oc4ccccc45)nc(-c4ccc5c(c4)oc4c(-c6cccc7c6c6ccccc6n7-c6ccccc6)cccc45)n3)c2)cc1. The normalized spacial score (nSPS) is 11.8. The summed E-state index contributed by atoms with van der Waals surface area (Å²) in [4.78, 5) is 15.8. The molecule has 0 spiro atoms. The van der Waals surface area contributed by atoms with E-state index in [1.54, 1.807) is 0 Å². The number of benzene rings is 10. The van der Waals surface area contributed by atoms with Gasteiger partial charge in [-0.15, -0.1) is 0 Å². The Bertz CT molecular complexity index is 4250. The molecule has 0 fully saturated rings. The number of para-hydroxylation sites is 4. The Balaban J connectivity index is 0.955. The average Bonchev–Trinajstić information content (AvgIpc) is 4.10. The molecule has 0 saturated carbocycles. The Hall–Kier alpha value is -9.39. The number of hydrogen-bond acceptors (Lipinski definition) is 5. The van der Waals surface area contributed by atoms with E-state index in [1.165, 1.54) is 10.8 Å². The van der Waals surface area contributed by atoms with Gasteiger partial charge in [0, 0.05) is 60.3 Å². The molecule has 0 amide bonds. The van der Waals surface area contributed by atoms with Crippen molar-refractivity contribution in [2.75, 3.05) is 0 Å². The first-order chi connectivity index (χ1) is 34.2. The third kappa shape index (κ3) is 6.45. The number of hydrogen-bond donors (Lipinski definition) is 0. The maximum atomic E-state index is 7.00. The minimum absolute atomic E-state index is 0.534. The second kappa shape index (κ2) is 15.6. The molecule has 14 aromatic rings. The molecule has 4 heterocycles. The van der Waals surface area contributed by atoms with Crippen molar-refractivity contribution in [1.82, 2.24) is 19.5 Å². The Morgan fingerprint density at radius 2 is 0.783 bits per heavy atom. The highest BCUT2D eigenvalue weighted by atomic mass is 16.3. The molecule has 0 unspecified atom stereocenters. The zero-order valence-corrected chi connectivity index (χ0v) is 37.0. The van der Waals surface area contributed by atoms with E-state index >= 15 is 0 Å². The lowest BCUT2D eigenvalue weighted by Gasteiger charge is -2.12. The summed E-state index contributed by atoms with van der Waals surface area (Å²) in [6.07, 6.45) is 0. The average molecular weight is 883 g/mol. The predicted molar refractivity (Wildman–Crippen MR) is 281 cm³/mol. The van der Waals surface area contributed by atoms with Crippen molar-refractivity contribution in [3.8, 4) is 73.2 Å². The molecule has 69 heavy (non-hydrogen) atoms. The van der Waals surface area contributed by atoms with Gasteiger partial charge in [-0.1, -0.05) is 158 Å². The summed E-state index contributed by atoms with van der Waals surface area (Å²) in [7, 11) is 0. The van der Waals surface area contributed by atoms with Gasteiger partial charge in [0.2, 0.25) is 0 Å². The van der Waals surface area contributed by atoms with Gasteiger partial charge in [-0.25, -0.2) is 15.0 Å². The van der Waals surface area contributed by atoms with Crippen LogP contribution in [0, 0.1) is 0 Å². The van der Waals surface area contributed by atoms with Crippen molar-refractivity contribution in [2.45, 2.75) is 0 Å². The predicted octanol–water partition coefficient (Wildman–Crippen LogP) is 16.8. The van der Waals surface area contributed by atoms with Crippen molar-refractivity contribution >= 4 is 65.7 Å². The van der Waals surface area contributed by atoms with Gasteiger partial charge < -0.3 is 13.4 Å². The van der Waals surface area contributed by atoms with Crippen LogP contribution >= 0.6 is 0 Å². The van der Waals surface area contributed by atoms with E-state index in [0.29, 0.717) is 17.5 Å². The van der Waals surface area contributed by atoms with Gasteiger partial charge >= 0.3 is 0 Å². The van der Waals surface area contributed by atoms with Crippen molar-refractivity contribution in [2.24, 2.45) is 0 Å². The molecule has 0 bridgehead atoms. The van der Waals surface area contributed by atoms with Crippen LogP contribution in [0.2, 0.25) is 0 Å². The largest absolute Gasteiger partial charge is 0.456 e. The summed E-state index contributed by atoms with van der Waals surface area (Å²) in [5, 5.41) is 6.54. The second-order valence-electron chi connectivity index (χ2n) is 17.5. The first-order valence-electron chi connectivity index (χ1n) is 23.2. The molecule has 14 rings (SSSR count). The summed E-state index contributed by atoms with van der Waals surface area (Å²) in [5.41, 5.74) is 15.6. The molecule has 6 nitrogen and oxygen atoms in total. The van der Waals surface area contributed by atoms with Crippen LogP contribution in [0.15, 0.2) is 239 Å². The van der Waals surface area contributed by atoms with Crippen LogP contribution in [0.3, 0.4) is 0 Å². The van der Waals surface area contributed by atoms with E-state index in [4.69, 9.17) is 23.8 Å². The van der Waals surface area contributed by atoms with E-state index in [0.717, 1.165) is 111 Å². The van der Waals surface area contributed by atoms with Gasteiger partial charge in [0.1, 0.15) is 22.3 Å². The molecular formula is C63H38N4O2. The third-order valence-electron chi connectivity index (χ3n) is 13.4. The molecular weight excluding hydrogens is 845 g/mol. The van der Waals surface area contributed by atoms with Gasteiger partial charge in [-0.05, 0) is 101 Å². The number of nitrogens with zero attached hydrogens (tertiary/aromatic N) is 4. The fourth-order valence-electron chi connectivity index (χ4n) is 10.2. The number of aromatic nitrogens is 4. The van der Waals surface area contributed by atoms with E-state index in [9.17, 15) is 0 Å². The van der Waals surface area contributed by atoms with Gasteiger partial charge in [-0.3, -0.25) is 0 Å². The van der Waals surface area contributed by atoms with Crippen LogP contribution in [0.1, 0.15) is 0 Å². The molecule has 0 aliphatic carbocycles. The first-order valence-corrected chi connectivity index (χ1v) is 23.2. The van der Waals surface area contributed by atoms with Gasteiger partial charge in [0.05, 0.1) is 11.0 Å². The molecule has 0 aliphatic heterocycles. The van der Waals surface area contributed by atoms with Crippen molar-refractivity contribution < 1.29 is 8.83 Å². The smallest absolute Gasteiger partial charge is 0.164 e. The first kappa shape index (κ1) is 38.8. The number of furan rings is 2. The van der Waals surface area contributed by atoms with Gasteiger partial charge in [0.25, 0.3) is 0 Å². The highest BCUT2D eigenvalue weighted by molar-refractivity contribution is 6.19.